The summed E-state index contributed by atoms with van der Waals surface area (Å²) in [5.74, 6) is 1.27. The molecule has 170 valence electrons. The van der Waals surface area contributed by atoms with Crippen molar-refractivity contribution in [2.24, 2.45) is 4.99 Å². The highest BCUT2D eigenvalue weighted by molar-refractivity contribution is 6.04. The summed E-state index contributed by atoms with van der Waals surface area (Å²) in [6, 6.07) is 5.08. The van der Waals surface area contributed by atoms with Crippen LogP contribution in [0.15, 0.2) is 41.7 Å². The van der Waals surface area contributed by atoms with Gasteiger partial charge < -0.3 is 15.4 Å². The predicted octanol–water partition coefficient (Wildman–Crippen LogP) is 4.14. The summed E-state index contributed by atoms with van der Waals surface area (Å²) in [4.78, 5) is 28.9. The lowest BCUT2D eigenvalue weighted by Crippen LogP contribution is -2.32. The fourth-order valence-electron chi connectivity index (χ4n) is 3.00. The molecule has 32 heavy (non-hydrogen) atoms. The number of halogens is 2. The molecule has 1 amide bonds. The van der Waals surface area contributed by atoms with Crippen LogP contribution >= 0.6 is 0 Å². The molecule has 8 nitrogen and oxygen atoms in total. The molecule has 0 saturated heterocycles. The van der Waals surface area contributed by atoms with Crippen LogP contribution in [0, 0.1) is 0 Å². The normalized spacial score (nSPS) is 15.6. The van der Waals surface area contributed by atoms with Crippen LogP contribution in [0.4, 0.5) is 19.5 Å². The fourth-order valence-corrected chi connectivity index (χ4v) is 3.00. The van der Waals surface area contributed by atoms with Gasteiger partial charge in [0.15, 0.2) is 5.82 Å². The third kappa shape index (κ3) is 6.79. The molecule has 2 N–H and O–H groups in total. The summed E-state index contributed by atoms with van der Waals surface area (Å²) >= 11 is 0. The van der Waals surface area contributed by atoms with E-state index in [1.54, 1.807) is 39.0 Å². The SMILES string of the molecule is C[C@@H]1C=CC(Nc2ncnc(-c3ccc(CNC(=O)OC(C)(C)C)c(CC(F)F)c3)n2)=N1. The number of alkyl halides is 2. The van der Waals surface area contributed by atoms with Crippen LogP contribution in [-0.2, 0) is 17.7 Å². The zero-order chi connectivity index (χ0) is 23.3. The molecule has 1 aromatic carbocycles. The van der Waals surface area contributed by atoms with Crippen molar-refractivity contribution in [1.29, 1.82) is 0 Å². The van der Waals surface area contributed by atoms with Gasteiger partial charge in [-0.15, -0.1) is 0 Å². The molecule has 0 aliphatic carbocycles. The highest BCUT2D eigenvalue weighted by Crippen LogP contribution is 2.23. The number of carbonyl (C=O) groups excluding carboxylic acids is 1. The number of nitrogens with one attached hydrogen (secondary N) is 2. The monoisotopic (exact) mass is 444 g/mol. The molecule has 1 aliphatic heterocycles. The van der Waals surface area contributed by atoms with Crippen LogP contribution in [0.5, 0.6) is 0 Å². The first-order chi connectivity index (χ1) is 15.1. The molecule has 1 atom stereocenters. The fraction of sp³-hybridized carbons (Fsp3) is 0.409. The first kappa shape index (κ1) is 23.2. The minimum atomic E-state index is -2.55. The van der Waals surface area contributed by atoms with Crippen molar-refractivity contribution >= 4 is 17.9 Å². The Bertz CT molecular complexity index is 1030. The Morgan fingerprint density at radius 1 is 1.22 bits per heavy atom. The molecule has 0 radical (unpaired) electrons. The minimum Gasteiger partial charge on any atom is -0.444 e. The van der Waals surface area contributed by atoms with E-state index >= 15 is 0 Å². The van der Waals surface area contributed by atoms with E-state index in [0.717, 1.165) is 0 Å². The topological polar surface area (TPSA) is 101 Å². The smallest absolute Gasteiger partial charge is 0.407 e. The van der Waals surface area contributed by atoms with Gasteiger partial charge in [0.05, 0.1) is 6.04 Å². The number of hydrogen-bond donors (Lipinski definition) is 2. The van der Waals surface area contributed by atoms with Gasteiger partial charge in [0.2, 0.25) is 12.4 Å². The maximum Gasteiger partial charge on any atom is 0.407 e. The Balaban J connectivity index is 1.79. The standard InChI is InChI=1S/C22H26F2N6O2/c1-13-5-8-18(28-13)29-20-27-12-26-19(30-20)14-6-7-15(16(9-14)10-17(23)24)11-25-21(31)32-22(2,3)4/h5-9,12-13,17H,10-11H2,1-4H3,(H,25,31)(H,26,27,28,29,30)/t13-/m1/s1. The molecule has 0 unspecified atom stereocenters. The number of aliphatic imine (C=N–C) groups is 1. The van der Waals surface area contributed by atoms with Crippen LogP contribution in [-0.4, -0.2) is 44.9 Å². The summed E-state index contributed by atoms with van der Waals surface area (Å²) in [7, 11) is 0. The molecule has 0 saturated carbocycles. The number of amides is 1. The first-order valence-corrected chi connectivity index (χ1v) is 10.2. The molecule has 0 bridgehead atoms. The highest BCUT2D eigenvalue weighted by Gasteiger charge is 2.18. The van der Waals surface area contributed by atoms with E-state index in [-0.39, 0.29) is 12.6 Å². The molecule has 0 spiro atoms. The summed E-state index contributed by atoms with van der Waals surface area (Å²) in [6.07, 6.45) is 1.49. The van der Waals surface area contributed by atoms with Crippen molar-refractivity contribution in [3.05, 3.63) is 47.8 Å². The first-order valence-electron chi connectivity index (χ1n) is 10.2. The summed E-state index contributed by atoms with van der Waals surface area (Å²) in [5, 5.41) is 5.61. The van der Waals surface area contributed by atoms with Crippen molar-refractivity contribution in [3.8, 4) is 11.4 Å². The van der Waals surface area contributed by atoms with E-state index in [9.17, 15) is 13.6 Å². The van der Waals surface area contributed by atoms with E-state index in [4.69, 9.17) is 4.74 Å². The van der Waals surface area contributed by atoms with Gasteiger partial charge in [-0.05, 0) is 51.0 Å². The van der Waals surface area contributed by atoms with Crippen LogP contribution < -0.4 is 10.6 Å². The molecule has 1 aromatic heterocycles. The van der Waals surface area contributed by atoms with Crippen molar-refractivity contribution < 1.29 is 18.3 Å². The van der Waals surface area contributed by atoms with Crippen molar-refractivity contribution in [3.63, 3.8) is 0 Å². The number of hydrogen-bond acceptors (Lipinski definition) is 7. The Kier molecular flexibility index (Phi) is 7.12. The second-order valence-electron chi connectivity index (χ2n) is 8.31. The maximum atomic E-state index is 13.2. The Labute approximate surface area is 185 Å². The van der Waals surface area contributed by atoms with Crippen molar-refractivity contribution in [2.45, 2.75) is 58.7 Å². The van der Waals surface area contributed by atoms with E-state index < -0.39 is 24.5 Å². The lowest BCUT2D eigenvalue weighted by atomic mass is 10.0. The number of nitrogens with zero attached hydrogens (tertiary/aromatic N) is 4. The largest absolute Gasteiger partial charge is 0.444 e. The number of anilines is 1. The number of aromatic nitrogens is 3. The van der Waals surface area contributed by atoms with Gasteiger partial charge in [0, 0.05) is 18.5 Å². The average Bonchev–Trinajstić information content (AvgIpc) is 3.10. The molecule has 2 aromatic rings. The number of rotatable bonds is 6. The van der Waals surface area contributed by atoms with Crippen LogP contribution in [0.25, 0.3) is 11.4 Å². The van der Waals surface area contributed by atoms with Gasteiger partial charge in [-0.25, -0.2) is 23.5 Å². The van der Waals surface area contributed by atoms with Gasteiger partial charge in [-0.1, -0.05) is 18.2 Å². The summed E-state index contributed by atoms with van der Waals surface area (Å²) < 4.78 is 31.6. The van der Waals surface area contributed by atoms with Crippen LogP contribution in [0.1, 0.15) is 38.8 Å². The number of ether oxygens (including phenoxy) is 1. The lowest BCUT2D eigenvalue weighted by molar-refractivity contribution is 0.0523. The Morgan fingerprint density at radius 2 is 2.00 bits per heavy atom. The van der Waals surface area contributed by atoms with Crippen molar-refractivity contribution in [1.82, 2.24) is 20.3 Å². The second-order valence-corrected chi connectivity index (χ2v) is 8.31. The summed E-state index contributed by atoms with van der Waals surface area (Å²) in [5.41, 5.74) is 0.860. The maximum absolute atomic E-state index is 13.2. The average molecular weight is 444 g/mol. The number of amidine groups is 1. The van der Waals surface area contributed by atoms with Gasteiger partial charge in [0.25, 0.3) is 0 Å². The van der Waals surface area contributed by atoms with E-state index in [0.29, 0.717) is 34.3 Å². The molecular formula is C22H26F2N6O2. The van der Waals surface area contributed by atoms with E-state index in [1.807, 2.05) is 19.1 Å². The van der Waals surface area contributed by atoms with Gasteiger partial charge >= 0.3 is 6.09 Å². The number of carbonyl (C=O) groups is 1. The third-order valence-corrected chi connectivity index (χ3v) is 4.35. The molecule has 2 heterocycles. The predicted molar refractivity (Wildman–Crippen MR) is 118 cm³/mol. The Hall–Kier alpha value is -3.43. The zero-order valence-corrected chi connectivity index (χ0v) is 18.4. The lowest BCUT2D eigenvalue weighted by Gasteiger charge is -2.20. The summed E-state index contributed by atoms with van der Waals surface area (Å²) in [6.45, 7) is 7.26. The van der Waals surface area contributed by atoms with Gasteiger partial charge in [-0.3, -0.25) is 4.99 Å². The second kappa shape index (κ2) is 9.80. The van der Waals surface area contributed by atoms with Crippen molar-refractivity contribution in [2.75, 3.05) is 5.32 Å². The molecule has 10 heteroatoms. The van der Waals surface area contributed by atoms with Crippen LogP contribution in [0.3, 0.4) is 0 Å². The van der Waals surface area contributed by atoms with E-state index in [1.165, 1.54) is 6.33 Å². The quantitative estimate of drug-likeness (QED) is 0.694. The van der Waals surface area contributed by atoms with E-state index in [2.05, 4.69) is 30.6 Å². The van der Waals surface area contributed by atoms with Gasteiger partial charge in [-0.2, -0.15) is 4.98 Å². The number of benzene rings is 1. The third-order valence-electron chi connectivity index (χ3n) is 4.35. The number of alkyl carbamates (subject to hydrolysis) is 1. The zero-order valence-electron chi connectivity index (χ0n) is 18.4. The Morgan fingerprint density at radius 3 is 2.66 bits per heavy atom. The molecule has 3 rings (SSSR count). The van der Waals surface area contributed by atoms with Gasteiger partial charge in [0.1, 0.15) is 17.8 Å². The molecule has 1 aliphatic rings. The highest BCUT2D eigenvalue weighted by atomic mass is 19.3. The molecular weight excluding hydrogens is 418 g/mol. The van der Waals surface area contributed by atoms with Crippen LogP contribution in [0.2, 0.25) is 0 Å². The minimum absolute atomic E-state index is 0.0611. The molecule has 0 fully saturated rings.